The molecule has 1 unspecified atom stereocenters. The van der Waals surface area contributed by atoms with E-state index in [2.05, 4.69) is 5.32 Å². The summed E-state index contributed by atoms with van der Waals surface area (Å²) < 4.78 is 0. The van der Waals surface area contributed by atoms with E-state index in [0.717, 1.165) is 0 Å². The molecule has 1 rings (SSSR count). The molecule has 12 heavy (non-hydrogen) atoms. The topological polar surface area (TPSA) is 34.3 Å². The van der Waals surface area contributed by atoms with Crippen LogP contribution in [0.25, 0.3) is 0 Å². The molecule has 1 aromatic rings. The van der Waals surface area contributed by atoms with Gasteiger partial charge in [-0.1, -0.05) is 30.3 Å². The summed E-state index contributed by atoms with van der Waals surface area (Å²) in [4.78, 5) is 0. The van der Waals surface area contributed by atoms with Crippen LogP contribution in [0.5, 0.6) is 0 Å². The van der Waals surface area contributed by atoms with Gasteiger partial charge in [-0.05, 0) is 12.5 Å². The zero-order chi connectivity index (χ0) is 8.81. The van der Waals surface area contributed by atoms with Gasteiger partial charge in [0, 0.05) is 13.1 Å². The third kappa shape index (κ3) is 3.51. The van der Waals surface area contributed by atoms with E-state index in [9.17, 15) is 0 Å². The maximum absolute atomic E-state index is 8.94. The van der Waals surface area contributed by atoms with Crippen LogP contribution in [0.4, 0.5) is 0 Å². The van der Waals surface area contributed by atoms with Crippen LogP contribution in [-0.4, -0.2) is 17.8 Å². The van der Waals surface area contributed by atoms with Gasteiger partial charge < -0.3 is 5.11 Å². The van der Waals surface area contributed by atoms with Crippen molar-refractivity contribution < 1.29 is 5.11 Å². The van der Waals surface area contributed by atoms with Gasteiger partial charge in [-0.25, -0.2) is 5.32 Å². The lowest BCUT2D eigenvalue weighted by Crippen LogP contribution is -2.17. The number of hydrogen-bond donors (Lipinski definition) is 1. The summed E-state index contributed by atoms with van der Waals surface area (Å²) in [6, 6.07) is 10.0. The molecule has 0 aromatic heterocycles. The van der Waals surface area contributed by atoms with Gasteiger partial charge in [0.05, 0.1) is 6.10 Å². The van der Waals surface area contributed by atoms with Gasteiger partial charge in [-0.15, -0.1) is 0 Å². The van der Waals surface area contributed by atoms with Crippen molar-refractivity contribution in [2.45, 2.75) is 19.6 Å². The van der Waals surface area contributed by atoms with Crippen molar-refractivity contribution in [3.8, 4) is 0 Å². The minimum Gasteiger partial charge on any atom is -0.392 e. The quantitative estimate of drug-likeness (QED) is 0.712. The fourth-order valence-electron chi connectivity index (χ4n) is 0.964. The zero-order valence-electron chi connectivity index (χ0n) is 7.27. The van der Waals surface area contributed by atoms with E-state index in [4.69, 9.17) is 5.11 Å². The maximum Gasteiger partial charge on any atom is 0.0653 e. The summed E-state index contributed by atoms with van der Waals surface area (Å²) in [5.74, 6) is 0. The predicted octanol–water partition coefficient (Wildman–Crippen LogP) is 1.17. The monoisotopic (exact) mass is 164 g/mol. The molecule has 0 saturated carbocycles. The second-order valence-corrected chi connectivity index (χ2v) is 2.90. The standard InChI is InChI=1S/C10H14NO/c1-9(12)7-11-8-10-5-3-2-4-6-10/h2-6,9,12H,7-8H2,1H3. The summed E-state index contributed by atoms with van der Waals surface area (Å²) in [5, 5.41) is 13.1. The first kappa shape index (κ1) is 9.23. The highest BCUT2D eigenvalue weighted by atomic mass is 16.3. The van der Waals surface area contributed by atoms with Crippen LogP contribution < -0.4 is 5.32 Å². The Morgan fingerprint density at radius 1 is 1.33 bits per heavy atom. The number of benzene rings is 1. The summed E-state index contributed by atoms with van der Waals surface area (Å²) >= 11 is 0. The van der Waals surface area contributed by atoms with Crippen LogP contribution in [0, 0.1) is 0 Å². The Morgan fingerprint density at radius 3 is 2.58 bits per heavy atom. The minimum atomic E-state index is -0.325. The average molecular weight is 164 g/mol. The molecule has 0 aliphatic heterocycles. The lowest BCUT2D eigenvalue weighted by molar-refractivity contribution is 0.189. The molecule has 1 N–H and O–H groups in total. The first-order valence-corrected chi connectivity index (χ1v) is 4.14. The largest absolute Gasteiger partial charge is 0.392 e. The summed E-state index contributed by atoms with van der Waals surface area (Å²) in [6.07, 6.45) is -0.325. The van der Waals surface area contributed by atoms with Crippen molar-refractivity contribution in [2.24, 2.45) is 0 Å². The Kier molecular flexibility index (Phi) is 3.77. The fraction of sp³-hybridized carbons (Fsp3) is 0.400. The molecule has 0 aliphatic rings. The van der Waals surface area contributed by atoms with E-state index in [-0.39, 0.29) is 6.10 Å². The van der Waals surface area contributed by atoms with E-state index in [0.29, 0.717) is 13.1 Å². The molecule has 0 aliphatic carbocycles. The van der Waals surface area contributed by atoms with Gasteiger partial charge in [-0.3, -0.25) is 0 Å². The van der Waals surface area contributed by atoms with E-state index < -0.39 is 0 Å². The highest BCUT2D eigenvalue weighted by Gasteiger charge is 1.95. The zero-order valence-corrected chi connectivity index (χ0v) is 7.27. The molecule has 2 nitrogen and oxygen atoms in total. The summed E-state index contributed by atoms with van der Waals surface area (Å²) in [7, 11) is 0. The molecular formula is C10H14NO. The first-order chi connectivity index (χ1) is 5.79. The molecule has 1 atom stereocenters. The molecule has 0 amide bonds. The molecule has 0 heterocycles. The lowest BCUT2D eigenvalue weighted by atomic mass is 10.2. The summed E-state index contributed by atoms with van der Waals surface area (Å²) in [6.45, 7) is 2.97. The van der Waals surface area contributed by atoms with Gasteiger partial charge in [0.1, 0.15) is 0 Å². The Balaban J connectivity index is 2.25. The summed E-state index contributed by atoms with van der Waals surface area (Å²) in [5.41, 5.74) is 1.19. The van der Waals surface area contributed by atoms with Crippen LogP contribution >= 0.6 is 0 Å². The smallest absolute Gasteiger partial charge is 0.0653 e. The molecule has 0 saturated heterocycles. The fourth-order valence-corrected chi connectivity index (χ4v) is 0.964. The first-order valence-electron chi connectivity index (χ1n) is 4.14. The number of rotatable bonds is 4. The molecule has 0 spiro atoms. The van der Waals surface area contributed by atoms with E-state index in [1.165, 1.54) is 5.56 Å². The lowest BCUT2D eigenvalue weighted by Gasteiger charge is -2.03. The average Bonchev–Trinajstić information content (AvgIpc) is 2.05. The maximum atomic E-state index is 8.94. The number of aliphatic hydroxyl groups excluding tert-OH is 1. The van der Waals surface area contributed by atoms with Gasteiger partial charge in [0.2, 0.25) is 0 Å². The second-order valence-electron chi connectivity index (χ2n) is 2.90. The number of aliphatic hydroxyl groups is 1. The van der Waals surface area contributed by atoms with Crippen LogP contribution in [0.2, 0.25) is 0 Å². The SMILES string of the molecule is CC(O)C[N]Cc1ccccc1. The van der Waals surface area contributed by atoms with E-state index in [1.54, 1.807) is 6.92 Å². The van der Waals surface area contributed by atoms with Crippen LogP contribution in [0.3, 0.4) is 0 Å². The van der Waals surface area contributed by atoms with Crippen molar-refractivity contribution in [3.63, 3.8) is 0 Å². The van der Waals surface area contributed by atoms with Crippen molar-refractivity contribution in [1.29, 1.82) is 0 Å². The highest BCUT2D eigenvalue weighted by molar-refractivity contribution is 5.14. The highest BCUT2D eigenvalue weighted by Crippen LogP contribution is 1.97. The molecule has 65 valence electrons. The van der Waals surface area contributed by atoms with E-state index >= 15 is 0 Å². The Labute approximate surface area is 73.2 Å². The van der Waals surface area contributed by atoms with Crippen molar-refractivity contribution in [3.05, 3.63) is 35.9 Å². The van der Waals surface area contributed by atoms with Gasteiger partial charge >= 0.3 is 0 Å². The van der Waals surface area contributed by atoms with Crippen molar-refractivity contribution >= 4 is 0 Å². The third-order valence-corrected chi connectivity index (χ3v) is 1.53. The molecule has 0 bridgehead atoms. The Bertz CT molecular complexity index is 208. The molecular weight excluding hydrogens is 150 g/mol. The number of hydrogen-bond acceptors (Lipinski definition) is 1. The Morgan fingerprint density at radius 2 is 2.00 bits per heavy atom. The van der Waals surface area contributed by atoms with Crippen LogP contribution in [0.1, 0.15) is 12.5 Å². The van der Waals surface area contributed by atoms with Crippen LogP contribution in [0.15, 0.2) is 30.3 Å². The minimum absolute atomic E-state index is 0.325. The van der Waals surface area contributed by atoms with Gasteiger partial charge in [0.25, 0.3) is 0 Å². The molecule has 0 fully saturated rings. The normalized spacial score (nSPS) is 12.8. The third-order valence-electron chi connectivity index (χ3n) is 1.53. The molecule has 1 aromatic carbocycles. The van der Waals surface area contributed by atoms with Crippen molar-refractivity contribution in [2.75, 3.05) is 6.54 Å². The van der Waals surface area contributed by atoms with Gasteiger partial charge in [-0.2, -0.15) is 0 Å². The van der Waals surface area contributed by atoms with E-state index in [1.807, 2.05) is 30.3 Å². The van der Waals surface area contributed by atoms with Crippen molar-refractivity contribution in [1.82, 2.24) is 5.32 Å². The molecule has 1 radical (unpaired) electrons. The number of nitrogens with zero attached hydrogens (tertiary/aromatic N) is 1. The van der Waals surface area contributed by atoms with Gasteiger partial charge in [0.15, 0.2) is 0 Å². The molecule has 2 heteroatoms. The Hall–Kier alpha value is -0.860. The second kappa shape index (κ2) is 4.91. The van der Waals surface area contributed by atoms with Crippen LogP contribution in [-0.2, 0) is 6.54 Å². The predicted molar refractivity (Wildman–Crippen MR) is 48.8 cm³/mol.